The molecule has 1 N–H and O–H groups in total. The molecule has 5 heteroatoms. The zero-order chi connectivity index (χ0) is 18.7. The van der Waals surface area contributed by atoms with Crippen LogP contribution in [0.4, 0.5) is 0 Å². The van der Waals surface area contributed by atoms with Crippen LogP contribution in [0.1, 0.15) is 22.3 Å². The number of likely N-dealkylation sites (N-methyl/N-ethyl adjacent to an activating group) is 1. The number of hydrogen-bond acceptors (Lipinski definition) is 3. The van der Waals surface area contributed by atoms with Crippen LogP contribution in [0.25, 0.3) is 0 Å². The van der Waals surface area contributed by atoms with Gasteiger partial charge in [-0.25, -0.2) is 0 Å². The molecule has 2 aromatic carbocycles. The van der Waals surface area contributed by atoms with Crippen molar-refractivity contribution in [2.45, 2.75) is 32.9 Å². The number of benzene rings is 2. The molecular weight excluding hydrogens is 328 g/mol. The third-order valence-electron chi connectivity index (χ3n) is 4.68. The predicted molar refractivity (Wildman–Crippen MR) is 100.0 cm³/mol. The minimum Gasteiger partial charge on any atom is -0.484 e. The third-order valence-corrected chi connectivity index (χ3v) is 4.68. The molecule has 0 radical (unpaired) electrons. The van der Waals surface area contributed by atoms with Crippen LogP contribution < -0.4 is 10.1 Å². The van der Waals surface area contributed by atoms with Crippen LogP contribution in [0.5, 0.6) is 5.75 Å². The molecule has 0 unspecified atom stereocenters. The molecule has 5 nitrogen and oxygen atoms in total. The number of amides is 2. The first kappa shape index (κ1) is 18.0. The Morgan fingerprint density at radius 3 is 2.42 bits per heavy atom. The molecule has 0 aromatic heterocycles. The molecule has 3 rings (SSSR count). The van der Waals surface area contributed by atoms with E-state index >= 15 is 0 Å². The van der Waals surface area contributed by atoms with Gasteiger partial charge in [0.15, 0.2) is 6.61 Å². The van der Waals surface area contributed by atoms with Gasteiger partial charge in [0.2, 0.25) is 5.91 Å². The Bertz CT molecular complexity index is 812. The van der Waals surface area contributed by atoms with Gasteiger partial charge >= 0.3 is 0 Å². The summed E-state index contributed by atoms with van der Waals surface area (Å²) in [7, 11) is 1.59. The van der Waals surface area contributed by atoms with Crippen LogP contribution in [-0.4, -0.2) is 36.4 Å². The number of aryl methyl sites for hydroxylation is 2. The molecule has 0 aliphatic carbocycles. The van der Waals surface area contributed by atoms with E-state index in [2.05, 4.69) is 11.4 Å². The van der Waals surface area contributed by atoms with E-state index in [4.69, 9.17) is 4.74 Å². The number of ether oxygens (including phenoxy) is 1. The summed E-state index contributed by atoms with van der Waals surface area (Å²) in [6, 6.07) is 13.3. The molecule has 0 fully saturated rings. The van der Waals surface area contributed by atoms with E-state index in [1.54, 1.807) is 11.9 Å². The van der Waals surface area contributed by atoms with Crippen molar-refractivity contribution in [3.8, 4) is 5.75 Å². The normalized spacial score (nSPS) is 16.0. The van der Waals surface area contributed by atoms with Crippen molar-refractivity contribution in [3.05, 3.63) is 64.7 Å². The van der Waals surface area contributed by atoms with E-state index in [1.807, 2.05) is 50.2 Å². The summed E-state index contributed by atoms with van der Waals surface area (Å²) in [5, 5.41) is 2.67. The number of hydrogen-bond donors (Lipinski definition) is 1. The number of fused-ring (bicyclic) bond motifs is 1. The molecule has 2 aromatic rings. The lowest BCUT2D eigenvalue weighted by molar-refractivity contribution is -0.143. The zero-order valence-electron chi connectivity index (χ0n) is 15.4. The lowest BCUT2D eigenvalue weighted by Crippen LogP contribution is -2.53. The molecule has 0 spiro atoms. The van der Waals surface area contributed by atoms with Gasteiger partial charge in [0.05, 0.1) is 0 Å². The van der Waals surface area contributed by atoms with E-state index in [0.29, 0.717) is 18.7 Å². The second-order valence-electron chi connectivity index (χ2n) is 6.74. The largest absolute Gasteiger partial charge is 0.484 e. The highest BCUT2D eigenvalue weighted by Crippen LogP contribution is 2.24. The Hall–Kier alpha value is -2.82. The van der Waals surface area contributed by atoms with Gasteiger partial charge in [-0.2, -0.15) is 0 Å². The fourth-order valence-corrected chi connectivity index (χ4v) is 3.43. The molecule has 26 heavy (non-hydrogen) atoms. The first-order chi connectivity index (χ1) is 12.5. The van der Waals surface area contributed by atoms with Crippen molar-refractivity contribution in [1.29, 1.82) is 0 Å². The van der Waals surface area contributed by atoms with Gasteiger partial charge in [0.25, 0.3) is 5.91 Å². The maximum Gasteiger partial charge on any atom is 0.261 e. The molecule has 136 valence electrons. The fraction of sp³-hybridized carbons (Fsp3) is 0.333. The molecule has 0 bridgehead atoms. The van der Waals surface area contributed by atoms with Gasteiger partial charge in [-0.15, -0.1) is 0 Å². The van der Waals surface area contributed by atoms with Crippen LogP contribution in [0.15, 0.2) is 42.5 Å². The molecule has 1 heterocycles. The zero-order valence-corrected chi connectivity index (χ0v) is 15.4. The van der Waals surface area contributed by atoms with Crippen molar-refractivity contribution < 1.29 is 14.3 Å². The first-order valence-electron chi connectivity index (χ1n) is 8.77. The summed E-state index contributed by atoms with van der Waals surface area (Å²) in [5.74, 6) is 0.330. The number of nitrogens with one attached hydrogen (secondary N) is 1. The lowest BCUT2D eigenvalue weighted by Gasteiger charge is -2.35. The topological polar surface area (TPSA) is 58.6 Å². The van der Waals surface area contributed by atoms with Crippen LogP contribution >= 0.6 is 0 Å². The van der Waals surface area contributed by atoms with Crippen molar-refractivity contribution in [3.63, 3.8) is 0 Å². The van der Waals surface area contributed by atoms with E-state index in [0.717, 1.165) is 22.3 Å². The van der Waals surface area contributed by atoms with Crippen molar-refractivity contribution in [1.82, 2.24) is 10.2 Å². The van der Waals surface area contributed by atoms with Gasteiger partial charge in [0, 0.05) is 20.0 Å². The van der Waals surface area contributed by atoms with E-state index in [9.17, 15) is 9.59 Å². The van der Waals surface area contributed by atoms with Crippen LogP contribution in [0.3, 0.4) is 0 Å². The maximum atomic E-state index is 12.8. The minimum absolute atomic E-state index is 0.0848. The molecule has 1 aliphatic rings. The fourth-order valence-electron chi connectivity index (χ4n) is 3.43. The Morgan fingerprint density at radius 2 is 1.77 bits per heavy atom. The second kappa shape index (κ2) is 7.60. The highest BCUT2D eigenvalue weighted by Gasteiger charge is 2.34. The Labute approximate surface area is 154 Å². The Kier molecular flexibility index (Phi) is 5.26. The smallest absolute Gasteiger partial charge is 0.261 e. The number of rotatable bonds is 4. The van der Waals surface area contributed by atoms with Gasteiger partial charge < -0.3 is 15.0 Å². The second-order valence-corrected chi connectivity index (χ2v) is 6.74. The average molecular weight is 352 g/mol. The molecular formula is C21H24N2O3. The monoisotopic (exact) mass is 352 g/mol. The van der Waals surface area contributed by atoms with Crippen LogP contribution in [0, 0.1) is 13.8 Å². The summed E-state index contributed by atoms with van der Waals surface area (Å²) >= 11 is 0. The minimum atomic E-state index is -0.509. The molecule has 2 amide bonds. The standard InChI is InChI=1S/C21H24N2O3/c1-14-8-15(2)10-18(9-14)26-13-20(24)23-12-17-7-5-4-6-16(17)11-19(23)21(25)22-3/h4-10,19H,11-13H2,1-3H3,(H,22,25)/t19-/m1/s1. The van der Waals surface area contributed by atoms with Gasteiger partial charge in [-0.3, -0.25) is 9.59 Å². The van der Waals surface area contributed by atoms with Gasteiger partial charge in [0.1, 0.15) is 11.8 Å². The van der Waals surface area contributed by atoms with E-state index in [1.165, 1.54) is 0 Å². The summed E-state index contributed by atoms with van der Waals surface area (Å²) in [6.45, 7) is 4.32. The predicted octanol–water partition coefficient (Wildman–Crippen LogP) is 2.38. The SMILES string of the molecule is CNC(=O)[C@H]1Cc2ccccc2CN1C(=O)COc1cc(C)cc(C)c1. The lowest BCUT2D eigenvalue weighted by atomic mass is 9.93. The van der Waals surface area contributed by atoms with Crippen molar-refractivity contribution in [2.24, 2.45) is 0 Å². The summed E-state index contributed by atoms with van der Waals surface area (Å²) < 4.78 is 5.71. The Balaban J connectivity index is 1.76. The van der Waals surface area contributed by atoms with Crippen LogP contribution in [0.2, 0.25) is 0 Å². The number of carbonyl (C=O) groups excluding carboxylic acids is 2. The van der Waals surface area contributed by atoms with Crippen LogP contribution in [-0.2, 0) is 22.6 Å². The average Bonchev–Trinajstić information content (AvgIpc) is 2.63. The summed E-state index contributed by atoms with van der Waals surface area (Å²) in [6.07, 6.45) is 0.519. The third kappa shape index (κ3) is 3.87. The quantitative estimate of drug-likeness (QED) is 0.919. The summed E-state index contributed by atoms with van der Waals surface area (Å²) in [5.41, 5.74) is 4.36. The van der Waals surface area contributed by atoms with E-state index in [-0.39, 0.29) is 18.4 Å². The summed E-state index contributed by atoms with van der Waals surface area (Å²) in [4.78, 5) is 26.7. The molecule has 1 atom stereocenters. The van der Waals surface area contributed by atoms with Crippen molar-refractivity contribution >= 4 is 11.8 Å². The number of nitrogens with zero attached hydrogens (tertiary/aromatic N) is 1. The number of carbonyl (C=O) groups is 2. The van der Waals surface area contributed by atoms with Gasteiger partial charge in [-0.1, -0.05) is 30.3 Å². The highest BCUT2D eigenvalue weighted by molar-refractivity contribution is 5.88. The van der Waals surface area contributed by atoms with E-state index < -0.39 is 6.04 Å². The first-order valence-corrected chi connectivity index (χ1v) is 8.77. The molecule has 0 saturated carbocycles. The van der Waals surface area contributed by atoms with Crippen molar-refractivity contribution in [2.75, 3.05) is 13.7 Å². The van der Waals surface area contributed by atoms with Gasteiger partial charge in [-0.05, 0) is 48.2 Å². The maximum absolute atomic E-state index is 12.8. The highest BCUT2D eigenvalue weighted by atomic mass is 16.5. The molecule has 1 aliphatic heterocycles. The molecule has 0 saturated heterocycles. The Morgan fingerprint density at radius 1 is 1.12 bits per heavy atom.